The first-order valence-electron chi connectivity index (χ1n) is 8.54. The van der Waals surface area contributed by atoms with E-state index in [2.05, 4.69) is 53.4 Å². The Bertz CT molecular complexity index is 529. The van der Waals surface area contributed by atoms with Crippen LogP contribution in [0, 0.1) is 0 Å². The molecule has 2 heterocycles. The Morgan fingerprint density at radius 2 is 1.86 bits per heavy atom. The van der Waals surface area contributed by atoms with E-state index in [4.69, 9.17) is 0 Å². The quantitative estimate of drug-likeness (QED) is 0.795. The molecule has 22 heavy (non-hydrogen) atoms. The van der Waals surface area contributed by atoms with Crippen molar-refractivity contribution in [3.05, 3.63) is 41.5 Å². The normalized spacial score (nSPS) is 20.5. The SMILES string of the molecule is C=C(C)CN1CCN(c2ccc3c(c2)CN(C)CCC3)CC1. The molecular formula is C19H29N3. The average Bonchev–Trinajstić information content (AvgIpc) is 2.67. The molecule has 3 rings (SSSR count). The summed E-state index contributed by atoms with van der Waals surface area (Å²) in [5, 5.41) is 0. The fourth-order valence-corrected chi connectivity index (χ4v) is 3.66. The summed E-state index contributed by atoms with van der Waals surface area (Å²) in [6.07, 6.45) is 2.51. The second-order valence-corrected chi connectivity index (χ2v) is 7.01. The zero-order chi connectivity index (χ0) is 15.5. The predicted molar refractivity (Wildman–Crippen MR) is 94.6 cm³/mol. The number of aryl methyl sites for hydroxylation is 1. The summed E-state index contributed by atoms with van der Waals surface area (Å²) in [6.45, 7) is 14.0. The van der Waals surface area contributed by atoms with Gasteiger partial charge in [0.25, 0.3) is 0 Å². The Hall–Kier alpha value is -1.32. The summed E-state index contributed by atoms with van der Waals surface area (Å²) in [6, 6.07) is 7.13. The van der Waals surface area contributed by atoms with Crippen LogP contribution in [-0.4, -0.2) is 56.1 Å². The van der Waals surface area contributed by atoms with Crippen LogP contribution in [0.1, 0.15) is 24.5 Å². The van der Waals surface area contributed by atoms with E-state index in [9.17, 15) is 0 Å². The molecule has 0 spiro atoms. The van der Waals surface area contributed by atoms with Crippen LogP contribution in [-0.2, 0) is 13.0 Å². The van der Waals surface area contributed by atoms with Gasteiger partial charge in [0.2, 0.25) is 0 Å². The van der Waals surface area contributed by atoms with Gasteiger partial charge in [-0.05, 0) is 56.6 Å². The number of hydrogen-bond donors (Lipinski definition) is 0. The van der Waals surface area contributed by atoms with Crippen molar-refractivity contribution < 1.29 is 0 Å². The maximum Gasteiger partial charge on any atom is 0.0370 e. The maximum absolute atomic E-state index is 4.03. The van der Waals surface area contributed by atoms with Crippen LogP contribution in [0.5, 0.6) is 0 Å². The van der Waals surface area contributed by atoms with Gasteiger partial charge in [-0.15, -0.1) is 0 Å². The second-order valence-electron chi connectivity index (χ2n) is 7.01. The maximum atomic E-state index is 4.03. The Morgan fingerprint density at radius 1 is 1.09 bits per heavy atom. The lowest BCUT2D eigenvalue weighted by Crippen LogP contribution is -2.46. The van der Waals surface area contributed by atoms with E-state index >= 15 is 0 Å². The number of hydrogen-bond acceptors (Lipinski definition) is 3. The predicted octanol–water partition coefficient (Wildman–Crippen LogP) is 2.76. The van der Waals surface area contributed by atoms with Gasteiger partial charge in [-0.2, -0.15) is 0 Å². The molecule has 0 radical (unpaired) electrons. The molecule has 2 aliphatic rings. The smallest absolute Gasteiger partial charge is 0.0370 e. The zero-order valence-corrected chi connectivity index (χ0v) is 14.1. The van der Waals surface area contributed by atoms with Crippen molar-refractivity contribution in [1.82, 2.24) is 9.80 Å². The molecule has 2 aliphatic heterocycles. The number of benzene rings is 1. The minimum absolute atomic E-state index is 1.04. The van der Waals surface area contributed by atoms with Crippen LogP contribution in [0.3, 0.4) is 0 Å². The lowest BCUT2D eigenvalue weighted by molar-refractivity contribution is 0.278. The van der Waals surface area contributed by atoms with Gasteiger partial charge in [0.05, 0.1) is 0 Å². The molecule has 1 fully saturated rings. The molecule has 0 unspecified atom stereocenters. The van der Waals surface area contributed by atoms with E-state index in [1.54, 1.807) is 5.56 Å². The average molecular weight is 299 g/mol. The summed E-state index contributed by atoms with van der Waals surface area (Å²) in [7, 11) is 2.23. The van der Waals surface area contributed by atoms with Gasteiger partial charge in [0.1, 0.15) is 0 Å². The third kappa shape index (κ3) is 3.71. The van der Waals surface area contributed by atoms with Crippen molar-refractivity contribution in [1.29, 1.82) is 0 Å². The molecule has 0 N–H and O–H groups in total. The van der Waals surface area contributed by atoms with Crippen LogP contribution < -0.4 is 4.90 Å². The van der Waals surface area contributed by atoms with E-state index in [0.717, 1.165) is 39.3 Å². The highest BCUT2D eigenvalue weighted by molar-refractivity contribution is 5.52. The third-order valence-electron chi connectivity index (χ3n) is 4.85. The van der Waals surface area contributed by atoms with Crippen LogP contribution in [0.4, 0.5) is 5.69 Å². The number of piperazine rings is 1. The fraction of sp³-hybridized carbons (Fsp3) is 0.579. The molecule has 3 nitrogen and oxygen atoms in total. The zero-order valence-electron chi connectivity index (χ0n) is 14.1. The van der Waals surface area contributed by atoms with Gasteiger partial charge >= 0.3 is 0 Å². The molecule has 0 saturated carbocycles. The molecule has 0 bridgehead atoms. The first kappa shape index (κ1) is 15.6. The standard InChI is InChI=1S/C19H29N3/c1-16(2)14-21-9-11-22(12-10-21)19-7-6-17-5-4-8-20(3)15-18(17)13-19/h6-7,13H,1,4-5,8-12,14-15H2,2-3H3. The van der Waals surface area contributed by atoms with Gasteiger partial charge in [-0.3, -0.25) is 4.90 Å². The molecule has 1 aromatic carbocycles. The van der Waals surface area contributed by atoms with Crippen molar-refractivity contribution in [2.45, 2.75) is 26.3 Å². The lowest BCUT2D eigenvalue weighted by Gasteiger charge is -2.36. The number of nitrogens with zero attached hydrogens (tertiary/aromatic N) is 3. The molecule has 0 aliphatic carbocycles. The van der Waals surface area contributed by atoms with Crippen molar-refractivity contribution >= 4 is 5.69 Å². The highest BCUT2D eigenvalue weighted by atomic mass is 15.3. The fourth-order valence-electron chi connectivity index (χ4n) is 3.66. The van der Waals surface area contributed by atoms with E-state index < -0.39 is 0 Å². The van der Waals surface area contributed by atoms with Crippen LogP contribution in [0.2, 0.25) is 0 Å². The summed E-state index contributed by atoms with van der Waals surface area (Å²) in [4.78, 5) is 7.50. The minimum atomic E-state index is 1.04. The highest BCUT2D eigenvalue weighted by Gasteiger charge is 2.19. The molecule has 0 atom stereocenters. The second kappa shape index (κ2) is 6.84. The minimum Gasteiger partial charge on any atom is -0.369 e. The van der Waals surface area contributed by atoms with Crippen LogP contribution >= 0.6 is 0 Å². The monoisotopic (exact) mass is 299 g/mol. The Balaban J connectivity index is 1.67. The van der Waals surface area contributed by atoms with Gasteiger partial charge in [0, 0.05) is 45.0 Å². The van der Waals surface area contributed by atoms with Crippen LogP contribution in [0.15, 0.2) is 30.4 Å². The van der Waals surface area contributed by atoms with Gasteiger partial charge in [-0.25, -0.2) is 0 Å². The molecule has 3 heteroatoms. The molecule has 1 saturated heterocycles. The van der Waals surface area contributed by atoms with Gasteiger partial charge < -0.3 is 9.80 Å². The number of anilines is 1. The molecular weight excluding hydrogens is 270 g/mol. The molecule has 1 aromatic rings. The first-order valence-corrected chi connectivity index (χ1v) is 8.54. The number of fused-ring (bicyclic) bond motifs is 1. The van der Waals surface area contributed by atoms with E-state index in [1.165, 1.54) is 36.2 Å². The van der Waals surface area contributed by atoms with E-state index in [-0.39, 0.29) is 0 Å². The summed E-state index contributed by atoms with van der Waals surface area (Å²) in [5.74, 6) is 0. The third-order valence-corrected chi connectivity index (χ3v) is 4.85. The van der Waals surface area contributed by atoms with Crippen molar-refractivity contribution in [3.63, 3.8) is 0 Å². The largest absolute Gasteiger partial charge is 0.369 e. The van der Waals surface area contributed by atoms with Crippen molar-refractivity contribution in [2.24, 2.45) is 0 Å². The Morgan fingerprint density at radius 3 is 2.59 bits per heavy atom. The van der Waals surface area contributed by atoms with Crippen molar-refractivity contribution in [3.8, 4) is 0 Å². The summed E-state index contributed by atoms with van der Waals surface area (Å²) >= 11 is 0. The first-order chi connectivity index (χ1) is 10.6. The molecule has 120 valence electrons. The summed E-state index contributed by atoms with van der Waals surface area (Å²) < 4.78 is 0. The van der Waals surface area contributed by atoms with Gasteiger partial charge in [-0.1, -0.05) is 18.2 Å². The molecule has 0 aromatic heterocycles. The lowest BCUT2D eigenvalue weighted by atomic mass is 10.0. The van der Waals surface area contributed by atoms with E-state index in [1.807, 2.05) is 0 Å². The molecule has 0 amide bonds. The topological polar surface area (TPSA) is 9.72 Å². The van der Waals surface area contributed by atoms with Crippen molar-refractivity contribution in [2.75, 3.05) is 51.2 Å². The Kier molecular flexibility index (Phi) is 4.84. The van der Waals surface area contributed by atoms with E-state index in [0.29, 0.717) is 0 Å². The number of rotatable bonds is 3. The Labute approximate surface area is 135 Å². The van der Waals surface area contributed by atoms with Gasteiger partial charge in [0.15, 0.2) is 0 Å². The summed E-state index contributed by atoms with van der Waals surface area (Å²) in [5.41, 5.74) is 5.75. The highest BCUT2D eigenvalue weighted by Crippen LogP contribution is 2.25. The van der Waals surface area contributed by atoms with Crippen LogP contribution in [0.25, 0.3) is 0 Å².